The molecule has 1 aliphatic heterocycles. The standard InChI is InChI=1S/C18H16FN3O2S/c19-13-5-3-12(4-6-13)14-10-25-18-16(14)17(20-11-21-18)24-9-15(23)22-7-1-2-8-22/h3-6,10-11H,1-2,7-9H2. The molecule has 1 saturated heterocycles. The molecule has 1 fully saturated rings. The topological polar surface area (TPSA) is 55.3 Å². The minimum absolute atomic E-state index is 0.0252. The molecule has 0 atom stereocenters. The molecule has 0 radical (unpaired) electrons. The van der Waals surface area contributed by atoms with Gasteiger partial charge >= 0.3 is 0 Å². The highest BCUT2D eigenvalue weighted by Gasteiger charge is 2.20. The van der Waals surface area contributed by atoms with Crippen molar-refractivity contribution in [2.75, 3.05) is 19.7 Å². The lowest BCUT2D eigenvalue weighted by Crippen LogP contribution is -2.32. The van der Waals surface area contributed by atoms with E-state index in [9.17, 15) is 9.18 Å². The molecular formula is C18H16FN3O2S. The quantitative estimate of drug-likeness (QED) is 0.717. The molecule has 0 unspecified atom stereocenters. The summed E-state index contributed by atoms with van der Waals surface area (Å²) >= 11 is 1.47. The minimum Gasteiger partial charge on any atom is -0.467 e. The number of nitrogens with zero attached hydrogens (tertiary/aromatic N) is 3. The number of amides is 1. The fourth-order valence-electron chi connectivity index (χ4n) is 2.99. The van der Waals surface area contributed by atoms with Crippen molar-refractivity contribution in [1.29, 1.82) is 0 Å². The fourth-order valence-corrected chi connectivity index (χ4v) is 3.89. The van der Waals surface area contributed by atoms with Crippen LogP contribution >= 0.6 is 11.3 Å². The number of halogens is 1. The second-order valence-corrected chi connectivity index (χ2v) is 6.75. The Morgan fingerprint density at radius 1 is 1.20 bits per heavy atom. The zero-order valence-electron chi connectivity index (χ0n) is 13.4. The van der Waals surface area contributed by atoms with E-state index in [1.54, 1.807) is 12.1 Å². The molecule has 0 saturated carbocycles. The van der Waals surface area contributed by atoms with Gasteiger partial charge in [-0.3, -0.25) is 4.79 Å². The first-order valence-corrected chi connectivity index (χ1v) is 8.99. The van der Waals surface area contributed by atoms with Gasteiger partial charge in [0.25, 0.3) is 5.91 Å². The molecule has 0 bridgehead atoms. The van der Waals surface area contributed by atoms with E-state index < -0.39 is 0 Å². The lowest BCUT2D eigenvalue weighted by Gasteiger charge is -2.15. The lowest BCUT2D eigenvalue weighted by molar-refractivity contribution is -0.132. The van der Waals surface area contributed by atoms with Gasteiger partial charge in [0.1, 0.15) is 17.0 Å². The van der Waals surface area contributed by atoms with Crippen molar-refractivity contribution in [1.82, 2.24) is 14.9 Å². The third kappa shape index (κ3) is 3.19. The van der Waals surface area contributed by atoms with E-state index in [0.717, 1.165) is 47.3 Å². The minimum atomic E-state index is -0.285. The van der Waals surface area contributed by atoms with Gasteiger partial charge < -0.3 is 9.64 Å². The zero-order valence-corrected chi connectivity index (χ0v) is 14.3. The molecule has 0 N–H and O–H groups in total. The van der Waals surface area contributed by atoms with E-state index in [2.05, 4.69) is 9.97 Å². The van der Waals surface area contributed by atoms with E-state index in [1.165, 1.54) is 29.8 Å². The van der Waals surface area contributed by atoms with E-state index in [0.29, 0.717) is 5.88 Å². The first-order valence-electron chi connectivity index (χ1n) is 8.11. The Kier molecular flexibility index (Phi) is 4.31. The Morgan fingerprint density at radius 2 is 1.96 bits per heavy atom. The maximum absolute atomic E-state index is 13.2. The van der Waals surface area contributed by atoms with Crippen LogP contribution in [0.1, 0.15) is 12.8 Å². The fraction of sp³-hybridized carbons (Fsp3) is 0.278. The van der Waals surface area contributed by atoms with Gasteiger partial charge in [0.2, 0.25) is 5.88 Å². The predicted molar refractivity (Wildman–Crippen MR) is 94.1 cm³/mol. The molecule has 128 valence electrons. The molecule has 25 heavy (non-hydrogen) atoms. The molecule has 0 aliphatic carbocycles. The first kappa shape index (κ1) is 16.0. The van der Waals surface area contributed by atoms with Crippen LogP contribution in [0.5, 0.6) is 5.88 Å². The van der Waals surface area contributed by atoms with Gasteiger partial charge in [-0.15, -0.1) is 11.3 Å². The Balaban J connectivity index is 1.63. The van der Waals surface area contributed by atoms with Gasteiger partial charge in [-0.25, -0.2) is 14.4 Å². The molecule has 1 amide bonds. The monoisotopic (exact) mass is 357 g/mol. The first-order chi connectivity index (χ1) is 12.2. The van der Waals surface area contributed by atoms with Gasteiger partial charge in [-0.1, -0.05) is 12.1 Å². The van der Waals surface area contributed by atoms with Gasteiger partial charge in [0.05, 0.1) is 5.39 Å². The van der Waals surface area contributed by atoms with Crippen molar-refractivity contribution in [2.45, 2.75) is 12.8 Å². The SMILES string of the molecule is O=C(COc1ncnc2scc(-c3ccc(F)cc3)c12)N1CCCC1. The zero-order chi connectivity index (χ0) is 17.2. The van der Waals surface area contributed by atoms with Crippen molar-refractivity contribution in [3.05, 3.63) is 41.8 Å². The molecule has 5 nitrogen and oxygen atoms in total. The second-order valence-electron chi connectivity index (χ2n) is 5.89. The Bertz CT molecular complexity index is 904. The third-order valence-electron chi connectivity index (χ3n) is 4.28. The molecule has 4 rings (SSSR count). The third-order valence-corrected chi connectivity index (χ3v) is 5.17. The van der Waals surface area contributed by atoms with Crippen LogP contribution in [0, 0.1) is 5.82 Å². The number of ether oxygens (including phenoxy) is 1. The number of carbonyl (C=O) groups is 1. The van der Waals surface area contributed by atoms with E-state index in [4.69, 9.17) is 4.74 Å². The van der Waals surface area contributed by atoms with Crippen LogP contribution in [-0.2, 0) is 4.79 Å². The molecule has 7 heteroatoms. The normalized spacial score (nSPS) is 14.2. The number of fused-ring (bicyclic) bond motifs is 1. The lowest BCUT2D eigenvalue weighted by atomic mass is 10.1. The summed E-state index contributed by atoms with van der Waals surface area (Å²) in [7, 11) is 0. The molecule has 2 aromatic heterocycles. The van der Waals surface area contributed by atoms with E-state index >= 15 is 0 Å². The largest absolute Gasteiger partial charge is 0.467 e. The molecule has 3 aromatic rings. The predicted octanol–water partition coefficient (Wildman–Crippen LogP) is 3.50. The van der Waals surface area contributed by atoms with Crippen molar-refractivity contribution in [3.8, 4) is 17.0 Å². The van der Waals surface area contributed by atoms with E-state index in [-0.39, 0.29) is 18.3 Å². The van der Waals surface area contributed by atoms with Crippen LogP contribution in [0.4, 0.5) is 4.39 Å². The highest BCUT2D eigenvalue weighted by molar-refractivity contribution is 7.17. The molecular weight excluding hydrogens is 341 g/mol. The molecule has 1 aromatic carbocycles. The summed E-state index contributed by atoms with van der Waals surface area (Å²) in [6.07, 6.45) is 3.52. The van der Waals surface area contributed by atoms with Crippen LogP contribution < -0.4 is 4.74 Å². The van der Waals surface area contributed by atoms with Crippen LogP contribution in [0.25, 0.3) is 21.3 Å². The smallest absolute Gasteiger partial charge is 0.260 e. The van der Waals surface area contributed by atoms with Gasteiger partial charge in [-0.2, -0.15) is 0 Å². The van der Waals surface area contributed by atoms with Gasteiger partial charge in [0, 0.05) is 24.0 Å². The van der Waals surface area contributed by atoms with Crippen molar-refractivity contribution in [3.63, 3.8) is 0 Å². The number of hydrogen-bond acceptors (Lipinski definition) is 5. The van der Waals surface area contributed by atoms with Crippen LogP contribution in [-0.4, -0.2) is 40.5 Å². The summed E-state index contributed by atoms with van der Waals surface area (Å²) in [6.45, 7) is 1.55. The Labute approximate surface area is 148 Å². The Morgan fingerprint density at radius 3 is 2.72 bits per heavy atom. The molecule has 1 aliphatic rings. The maximum atomic E-state index is 13.2. The van der Waals surface area contributed by atoms with Crippen molar-refractivity contribution < 1.29 is 13.9 Å². The molecule has 3 heterocycles. The maximum Gasteiger partial charge on any atom is 0.260 e. The van der Waals surface area contributed by atoms with Crippen LogP contribution in [0.2, 0.25) is 0 Å². The average molecular weight is 357 g/mol. The number of rotatable bonds is 4. The Hall–Kier alpha value is -2.54. The summed E-state index contributed by atoms with van der Waals surface area (Å²) in [5, 5.41) is 2.70. The summed E-state index contributed by atoms with van der Waals surface area (Å²) in [6, 6.07) is 6.26. The summed E-state index contributed by atoms with van der Waals surface area (Å²) in [5.74, 6) is 0.0770. The molecule has 0 spiro atoms. The number of thiophene rings is 1. The van der Waals surface area contributed by atoms with Crippen LogP contribution in [0.3, 0.4) is 0 Å². The average Bonchev–Trinajstić information content (AvgIpc) is 3.30. The second kappa shape index (κ2) is 6.76. The number of likely N-dealkylation sites (tertiary alicyclic amines) is 1. The van der Waals surface area contributed by atoms with Crippen molar-refractivity contribution >= 4 is 27.5 Å². The van der Waals surface area contributed by atoms with E-state index in [1.807, 2.05) is 10.3 Å². The highest BCUT2D eigenvalue weighted by Crippen LogP contribution is 2.37. The van der Waals surface area contributed by atoms with Gasteiger partial charge in [0.15, 0.2) is 6.61 Å². The number of aromatic nitrogens is 2. The summed E-state index contributed by atoms with van der Waals surface area (Å²) < 4.78 is 18.9. The summed E-state index contributed by atoms with van der Waals surface area (Å²) in [4.78, 5) is 23.3. The summed E-state index contributed by atoms with van der Waals surface area (Å²) in [5.41, 5.74) is 1.74. The number of carbonyl (C=O) groups excluding carboxylic acids is 1. The number of hydrogen-bond donors (Lipinski definition) is 0. The van der Waals surface area contributed by atoms with Crippen LogP contribution in [0.15, 0.2) is 36.0 Å². The van der Waals surface area contributed by atoms with Crippen molar-refractivity contribution in [2.24, 2.45) is 0 Å². The highest BCUT2D eigenvalue weighted by atomic mass is 32.1. The number of benzene rings is 1. The van der Waals surface area contributed by atoms with Gasteiger partial charge in [-0.05, 0) is 30.5 Å².